The summed E-state index contributed by atoms with van der Waals surface area (Å²) in [4.78, 5) is 0. The van der Waals surface area contributed by atoms with Crippen LogP contribution in [0.4, 0.5) is 0 Å². The van der Waals surface area contributed by atoms with Crippen molar-refractivity contribution in [3.05, 3.63) is 78.4 Å². The summed E-state index contributed by atoms with van der Waals surface area (Å²) in [6, 6.07) is 13.0. The predicted molar refractivity (Wildman–Crippen MR) is 91.5 cm³/mol. The van der Waals surface area contributed by atoms with Crippen LogP contribution in [0.15, 0.2) is 56.1 Å². The van der Waals surface area contributed by atoms with Gasteiger partial charge in [0, 0.05) is 0 Å². The third-order valence-electron chi connectivity index (χ3n) is 3.44. The highest BCUT2D eigenvalue weighted by Gasteiger charge is 2.04. The maximum atomic E-state index is 3.88. The summed E-state index contributed by atoms with van der Waals surface area (Å²) >= 11 is 0. The Morgan fingerprint density at radius 2 is 1.15 bits per heavy atom. The summed E-state index contributed by atoms with van der Waals surface area (Å²) in [5.74, 6) is 0. The molecule has 0 aliphatic heterocycles. The zero-order chi connectivity index (χ0) is 14.5. The Morgan fingerprint density at radius 1 is 0.700 bits per heavy atom. The normalized spacial score (nSPS) is 10.1. The molecule has 2 aromatic carbocycles. The Labute approximate surface area is 121 Å². The van der Waals surface area contributed by atoms with E-state index < -0.39 is 0 Å². The van der Waals surface area contributed by atoms with Crippen LogP contribution in [0, 0.1) is 0 Å². The monoisotopic (exact) mass is 260 g/mol. The van der Waals surface area contributed by atoms with Crippen molar-refractivity contribution in [1.29, 1.82) is 0 Å². The van der Waals surface area contributed by atoms with E-state index >= 15 is 0 Å². The standard InChI is InChI=1S/C20H20/c1-5-15-9-16(6-2)12-19(11-15)20-13-17(7-3)10-18(8-4)14-20/h5-7,9-14H,1-3,8H2,4H3. The van der Waals surface area contributed by atoms with Gasteiger partial charge in [0.25, 0.3) is 0 Å². The van der Waals surface area contributed by atoms with E-state index in [1.165, 1.54) is 16.7 Å². The molecule has 0 heteroatoms. The zero-order valence-electron chi connectivity index (χ0n) is 12.0. The van der Waals surface area contributed by atoms with Crippen molar-refractivity contribution in [2.24, 2.45) is 0 Å². The number of hydrogen-bond donors (Lipinski definition) is 0. The predicted octanol–water partition coefficient (Wildman–Crippen LogP) is 5.85. The van der Waals surface area contributed by atoms with Gasteiger partial charge in [-0.1, -0.05) is 57.0 Å². The minimum absolute atomic E-state index is 1.02. The molecule has 20 heavy (non-hydrogen) atoms. The second kappa shape index (κ2) is 6.21. The first-order valence-electron chi connectivity index (χ1n) is 6.87. The first-order chi connectivity index (χ1) is 9.69. The lowest BCUT2D eigenvalue weighted by molar-refractivity contribution is 1.14. The molecule has 0 bridgehead atoms. The molecule has 0 nitrogen and oxygen atoms in total. The number of aryl methyl sites for hydroxylation is 1. The van der Waals surface area contributed by atoms with Crippen LogP contribution in [0.5, 0.6) is 0 Å². The van der Waals surface area contributed by atoms with Crippen molar-refractivity contribution < 1.29 is 0 Å². The minimum Gasteiger partial charge on any atom is -0.0985 e. The summed E-state index contributed by atoms with van der Waals surface area (Å²) in [7, 11) is 0. The molecule has 0 fully saturated rings. The van der Waals surface area contributed by atoms with Gasteiger partial charge >= 0.3 is 0 Å². The summed E-state index contributed by atoms with van der Waals surface area (Å²) in [6.45, 7) is 13.8. The SMILES string of the molecule is C=Cc1cc(C=C)cc(-c2cc(C=C)cc(CC)c2)c1. The summed E-state index contributed by atoms with van der Waals surface area (Å²) in [5, 5.41) is 0. The molecular formula is C20H20. The maximum Gasteiger partial charge on any atom is -0.0172 e. The van der Waals surface area contributed by atoms with Crippen molar-refractivity contribution in [3.8, 4) is 11.1 Å². The van der Waals surface area contributed by atoms with Crippen LogP contribution >= 0.6 is 0 Å². The van der Waals surface area contributed by atoms with Crippen molar-refractivity contribution in [2.45, 2.75) is 13.3 Å². The van der Waals surface area contributed by atoms with E-state index in [0.717, 1.165) is 23.1 Å². The van der Waals surface area contributed by atoms with Crippen molar-refractivity contribution in [2.75, 3.05) is 0 Å². The first kappa shape index (κ1) is 14.1. The van der Waals surface area contributed by atoms with Gasteiger partial charge < -0.3 is 0 Å². The Bertz CT molecular complexity index is 633. The second-order valence-corrected chi connectivity index (χ2v) is 4.82. The molecule has 0 aliphatic rings. The highest BCUT2D eigenvalue weighted by atomic mass is 14.1. The van der Waals surface area contributed by atoms with Gasteiger partial charge in [0.2, 0.25) is 0 Å². The lowest BCUT2D eigenvalue weighted by Gasteiger charge is -2.09. The molecule has 0 saturated carbocycles. The molecule has 0 N–H and O–H groups in total. The molecule has 100 valence electrons. The molecular weight excluding hydrogens is 240 g/mol. The molecule has 0 spiro atoms. The van der Waals surface area contributed by atoms with Crippen LogP contribution in [0.25, 0.3) is 29.4 Å². The molecule has 0 atom stereocenters. The Morgan fingerprint density at radius 3 is 1.60 bits per heavy atom. The van der Waals surface area contributed by atoms with Gasteiger partial charge in [-0.2, -0.15) is 0 Å². The van der Waals surface area contributed by atoms with E-state index in [1.54, 1.807) is 0 Å². The van der Waals surface area contributed by atoms with Crippen LogP contribution in [0.2, 0.25) is 0 Å². The van der Waals surface area contributed by atoms with Gasteiger partial charge in [0.1, 0.15) is 0 Å². The van der Waals surface area contributed by atoms with Crippen LogP contribution < -0.4 is 0 Å². The highest BCUT2D eigenvalue weighted by Crippen LogP contribution is 2.26. The van der Waals surface area contributed by atoms with Crippen LogP contribution in [0.3, 0.4) is 0 Å². The van der Waals surface area contributed by atoms with Gasteiger partial charge in [-0.25, -0.2) is 0 Å². The summed E-state index contributed by atoms with van der Waals surface area (Å²) < 4.78 is 0. The molecule has 0 radical (unpaired) electrons. The number of rotatable bonds is 5. The second-order valence-electron chi connectivity index (χ2n) is 4.82. The van der Waals surface area contributed by atoms with Crippen LogP contribution in [-0.2, 0) is 6.42 Å². The molecule has 0 unspecified atom stereocenters. The Balaban J connectivity index is 2.63. The molecule has 0 heterocycles. The van der Waals surface area contributed by atoms with Crippen LogP contribution in [0.1, 0.15) is 29.2 Å². The Hall–Kier alpha value is -2.34. The van der Waals surface area contributed by atoms with Crippen molar-refractivity contribution in [1.82, 2.24) is 0 Å². The van der Waals surface area contributed by atoms with Gasteiger partial charge in [0.15, 0.2) is 0 Å². The summed E-state index contributed by atoms with van der Waals surface area (Å²) in [6.07, 6.45) is 6.65. The van der Waals surface area contributed by atoms with Crippen molar-refractivity contribution in [3.63, 3.8) is 0 Å². The maximum absolute atomic E-state index is 3.88. The number of hydrogen-bond acceptors (Lipinski definition) is 0. The van der Waals surface area contributed by atoms with E-state index in [4.69, 9.17) is 0 Å². The molecule has 0 aromatic heterocycles. The zero-order valence-corrected chi connectivity index (χ0v) is 12.0. The molecule has 0 saturated heterocycles. The van der Waals surface area contributed by atoms with E-state index in [-0.39, 0.29) is 0 Å². The van der Waals surface area contributed by atoms with E-state index in [9.17, 15) is 0 Å². The van der Waals surface area contributed by atoms with Gasteiger partial charge in [-0.15, -0.1) is 0 Å². The van der Waals surface area contributed by atoms with E-state index in [0.29, 0.717) is 0 Å². The smallest absolute Gasteiger partial charge is 0.0172 e. The summed E-state index contributed by atoms with van der Waals surface area (Å²) in [5.41, 5.74) is 7.10. The molecule has 0 aliphatic carbocycles. The molecule has 0 amide bonds. The van der Waals surface area contributed by atoms with Gasteiger partial charge in [-0.3, -0.25) is 0 Å². The van der Waals surface area contributed by atoms with E-state index in [2.05, 4.69) is 63.1 Å². The van der Waals surface area contributed by atoms with Crippen LogP contribution in [-0.4, -0.2) is 0 Å². The third kappa shape index (κ3) is 2.97. The lowest BCUT2D eigenvalue weighted by Crippen LogP contribution is -1.88. The highest BCUT2D eigenvalue weighted by molar-refractivity contribution is 5.73. The Kier molecular flexibility index (Phi) is 4.37. The van der Waals surface area contributed by atoms with Gasteiger partial charge in [0.05, 0.1) is 0 Å². The molecule has 2 aromatic rings. The first-order valence-corrected chi connectivity index (χ1v) is 6.87. The lowest BCUT2D eigenvalue weighted by atomic mass is 9.95. The number of benzene rings is 2. The fourth-order valence-electron chi connectivity index (χ4n) is 2.29. The quantitative estimate of drug-likeness (QED) is 0.633. The average molecular weight is 260 g/mol. The largest absolute Gasteiger partial charge is 0.0985 e. The fourth-order valence-corrected chi connectivity index (χ4v) is 2.29. The minimum atomic E-state index is 1.02. The van der Waals surface area contributed by atoms with Crippen molar-refractivity contribution >= 4 is 18.2 Å². The third-order valence-corrected chi connectivity index (χ3v) is 3.44. The molecule has 2 rings (SSSR count). The topological polar surface area (TPSA) is 0 Å². The average Bonchev–Trinajstić information content (AvgIpc) is 2.53. The van der Waals surface area contributed by atoms with Gasteiger partial charge in [-0.05, 0) is 64.1 Å². The van der Waals surface area contributed by atoms with E-state index in [1.807, 2.05) is 18.2 Å². The fraction of sp³-hybridized carbons (Fsp3) is 0.100.